The lowest BCUT2D eigenvalue weighted by Crippen LogP contribution is -2.39. The number of piperidine rings is 1. The summed E-state index contributed by atoms with van der Waals surface area (Å²) in [5.74, 6) is -0.289. The lowest BCUT2D eigenvalue weighted by molar-refractivity contribution is -0.130. The lowest BCUT2D eigenvalue weighted by atomic mass is 9.87. The van der Waals surface area contributed by atoms with Crippen molar-refractivity contribution in [3.8, 4) is 0 Å². The van der Waals surface area contributed by atoms with Crippen LogP contribution in [0.4, 0.5) is 5.69 Å². The highest BCUT2D eigenvalue weighted by molar-refractivity contribution is 6.45. The summed E-state index contributed by atoms with van der Waals surface area (Å²) in [5.41, 5.74) is 1.82. The molecule has 4 N–H and O–H groups in total. The Balaban J connectivity index is 1.39. The fourth-order valence-corrected chi connectivity index (χ4v) is 4.74. The van der Waals surface area contributed by atoms with Gasteiger partial charge in [-0.1, -0.05) is 30.3 Å². The summed E-state index contributed by atoms with van der Waals surface area (Å²) in [6, 6.07) is 15.2. The van der Waals surface area contributed by atoms with Crippen molar-refractivity contribution in [3.63, 3.8) is 0 Å². The second kappa shape index (κ2) is 9.87. The number of carbonyl (C=O) groups is 2. The monoisotopic (exact) mass is 465 g/mol. The van der Waals surface area contributed by atoms with Crippen LogP contribution in [-0.2, 0) is 11.3 Å². The van der Waals surface area contributed by atoms with Crippen LogP contribution in [0.15, 0.2) is 48.5 Å². The van der Waals surface area contributed by atoms with Crippen LogP contribution in [0.1, 0.15) is 47.2 Å². The number of aliphatic hydroxyl groups excluding tert-OH is 1. The second-order valence-corrected chi connectivity index (χ2v) is 9.60. The summed E-state index contributed by atoms with van der Waals surface area (Å²) in [4.78, 5) is 28.7. The van der Waals surface area contributed by atoms with Crippen molar-refractivity contribution in [1.82, 2.24) is 10.1 Å². The number of nitrogens with zero attached hydrogens (tertiary/aromatic N) is 2. The van der Waals surface area contributed by atoms with Gasteiger partial charge in [0.2, 0.25) is 0 Å². The highest BCUT2D eigenvalue weighted by Crippen LogP contribution is 2.31. The third-order valence-electron chi connectivity index (χ3n) is 6.78. The van der Waals surface area contributed by atoms with E-state index in [1.807, 2.05) is 17.0 Å². The molecule has 2 saturated heterocycles. The molecule has 2 amide bonds. The number of carbonyl (C=O) groups excluding carboxylic acids is 2. The van der Waals surface area contributed by atoms with Crippen LogP contribution in [0.25, 0.3) is 0 Å². The maximum absolute atomic E-state index is 13.2. The summed E-state index contributed by atoms with van der Waals surface area (Å²) >= 11 is 0. The van der Waals surface area contributed by atoms with Gasteiger partial charge in [-0.3, -0.25) is 9.59 Å². The Morgan fingerprint density at radius 1 is 1.18 bits per heavy atom. The maximum Gasteiger partial charge on any atom is 0.373 e. The molecule has 0 bridgehead atoms. The molecule has 2 heterocycles. The van der Waals surface area contributed by atoms with Gasteiger partial charge in [0.25, 0.3) is 11.8 Å². The smallest absolute Gasteiger partial charge is 0.373 e. The first-order chi connectivity index (χ1) is 16.2. The van der Waals surface area contributed by atoms with Gasteiger partial charge in [-0.2, -0.15) is 0 Å². The average Bonchev–Trinajstić information content (AvgIpc) is 3.05. The van der Waals surface area contributed by atoms with Gasteiger partial charge < -0.3 is 30.3 Å². The number of rotatable bonds is 6. The van der Waals surface area contributed by atoms with Crippen molar-refractivity contribution in [2.45, 2.75) is 50.8 Å². The van der Waals surface area contributed by atoms with Gasteiger partial charge in [-0.15, -0.1) is 0 Å². The Morgan fingerprint density at radius 2 is 1.88 bits per heavy atom. The number of benzene rings is 2. The van der Waals surface area contributed by atoms with Crippen LogP contribution in [0.5, 0.6) is 0 Å². The summed E-state index contributed by atoms with van der Waals surface area (Å²) < 4.78 is 0. The zero-order chi connectivity index (χ0) is 24.5. The Kier molecular flexibility index (Phi) is 7.09. The lowest BCUT2D eigenvalue weighted by Gasteiger charge is -2.32. The molecular formula is C25H32BN3O5. The number of hydrogen-bond acceptors (Lipinski definition) is 6. The molecule has 2 aromatic rings. The Hall–Kier alpha value is -2.72. The number of aliphatic hydroxyl groups is 2. The van der Waals surface area contributed by atoms with E-state index in [9.17, 15) is 24.8 Å². The highest BCUT2D eigenvalue weighted by atomic mass is 16.4. The molecule has 2 aliphatic rings. The largest absolute Gasteiger partial charge is 0.437 e. The summed E-state index contributed by atoms with van der Waals surface area (Å²) in [5, 5.41) is 32.7. The van der Waals surface area contributed by atoms with Gasteiger partial charge in [0, 0.05) is 30.9 Å². The van der Waals surface area contributed by atoms with Crippen molar-refractivity contribution >= 4 is 24.6 Å². The number of β-amino-alcohol motifs (C(OH)–C–C–N with tert-alkyl or cyclic N) is 1. The molecule has 2 atom stereocenters. The molecule has 34 heavy (non-hydrogen) atoms. The third kappa shape index (κ3) is 5.18. The molecule has 4 rings (SSSR count). The van der Waals surface area contributed by atoms with Gasteiger partial charge in [-0.05, 0) is 61.8 Å². The summed E-state index contributed by atoms with van der Waals surface area (Å²) in [7, 11) is -0.557. The number of amides is 2. The fourth-order valence-electron chi connectivity index (χ4n) is 4.74. The number of hydrogen-bond donors (Lipinski definition) is 4. The SMILES string of the molecule is CB(O)NCc1cccc(C2CCN(C(=O)c3cccc(N4C[C@](C)(O)[C@H](O)C4=O)c3)CC2)c1. The molecule has 0 aromatic heterocycles. The molecule has 180 valence electrons. The predicted octanol–water partition coefficient (Wildman–Crippen LogP) is 1.36. The van der Waals surface area contributed by atoms with Gasteiger partial charge in [0.05, 0.1) is 6.54 Å². The molecular weight excluding hydrogens is 433 g/mol. The van der Waals surface area contributed by atoms with Crippen molar-refractivity contribution < 1.29 is 24.8 Å². The maximum atomic E-state index is 13.2. The standard InChI is InChI=1S/C25H32BN3O5/c1-25(33)16-29(24(32)22(25)30)21-8-4-7-20(14-21)23(31)28-11-9-18(10-12-28)19-6-3-5-17(13-19)15-27-26(2)34/h3-8,13-14,18,22,27,30,33-34H,9-12,15-16H2,1-2H3/t22-,25+/m1/s1. The Morgan fingerprint density at radius 3 is 2.53 bits per heavy atom. The topological polar surface area (TPSA) is 113 Å². The van der Waals surface area contributed by atoms with E-state index < -0.39 is 24.7 Å². The van der Waals surface area contributed by atoms with Crippen molar-refractivity contribution in [1.29, 1.82) is 0 Å². The quantitative estimate of drug-likeness (QED) is 0.480. The molecule has 2 fully saturated rings. The van der Waals surface area contributed by atoms with E-state index in [0.717, 1.165) is 18.4 Å². The molecule has 2 aromatic carbocycles. The minimum Gasteiger partial charge on any atom is -0.437 e. The van der Waals surface area contributed by atoms with Crippen LogP contribution in [0.2, 0.25) is 6.82 Å². The molecule has 9 heteroatoms. The van der Waals surface area contributed by atoms with Crippen LogP contribution in [0, 0.1) is 0 Å². The number of nitrogens with one attached hydrogen (secondary N) is 1. The molecule has 2 aliphatic heterocycles. The average molecular weight is 465 g/mol. The number of likely N-dealkylation sites (tertiary alicyclic amines) is 1. The van der Waals surface area contributed by atoms with Crippen molar-refractivity contribution in [3.05, 3.63) is 65.2 Å². The van der Waals surface area contributed by atoms with E-state index in [2.05, 4.69) is 17.4 Å². The van der Waals surface area contributed by atoms with E-state index >= 15 is 0 Å². The Bertz CT molecular complexity index is 1050. The first-order valence-electron chi connectivity index (χ1n) is 11.8. The summed E-state index contributed by atoms with van der Waals surface area (Å²) in [6.07, 6.45) is 0.240. The van der Waals surface area contributed by atoms with E-state index in [1.54, 1.807) is 31.1 Å². The highest BCUT2D eigenvalue weighted by Gasteiger charge is 2.47. The van der Waals surface area contributed by atoms with Crippen LogP contribution >= 0.6 is 0 Å². The van der Waals surface area contributed by atoms with Gasteiger partial charge >= 0.3 is 7.05 Å². The molecule has 0 unspecified atom stereocenters. The molecule has 0 saturated carbocycles. The van der Waals surface area contributed by atoms with E-state index in [1.165, 1.54) is 17.4 Å². The minimum atomic E-state index is -1.53. The van der Waals surface area contributed by atoms with Gasteiger partial charge in [0.1, 0.15) is 5.60 Å². The predicted molar refractivity (Wildman–Crippen MR) is 130 cm³/mol. The molecule has 0 aliphatic carbocycles. The van der Waals surface area contributed by atoms with Crippen LogP contribution in [-0.4, -0.2) is 70.3 Å². The second-order valence-electron chi connectivity index (χ2n) is 9.60. The zero-order valence-corrected chi connectivity index (χ0v) is 19.6. The van der Waals surface area contributed by atoms with Crippen LogP contribution in [0.3, 0.4) is 0 Å². The van der Waals surface area contributed by atoms with Crippen molar-refractivity contribution in [2.24, 2.45) is 0 Å². The van der Waals surface area contributed by atoms with E-state index in [-0.39, 0.29) is 12.5 Å². The normalized spacial score (nSPS) is 23.4. The first-order valence-corrected chi connectivity index (χ1v) is 11.8. The van der Waals surface area contributed by atoms with Crippen molar-refractivity contribution in [2.75, 3.05) is 24.5 Å². The molecule has 0 spiro atoms. The zero-order valence-electron chi connectivity index (χ0n) is 19.6. The molecule has 0 radical (unpaired) electrons. The fraction of sp³-hybridized carbons (Fsp3) is 0.440. The van der Waals surface area contributed by atoms with E-state index in [0.29, 0.717) is 36.8 Å². The first kappa shape index (κ1) is 24.4. The molecule has 8 nitrogen and oxygen atoms in total. The van der Waals surface area contributed by atoms with E-state index in [4.69, 9.17) is 0 Å². The van der Waals surface area contributed by atoms with Gasteiger partial charge in [-0.25, -0.2) is 0 Å². The number of anilines is 1. The van der Waals surface area contributed by atoms with Gasteiger partial charge in [0.15, 0.2) is 6.10 Å². The minimum absolute atomic E-state index is 0.0260. The Labute approximate surface area is 200 Å². The van der Waals surface area contributed by atoms with Crippen LogP contribution < -0.4 is 10.1 Å². The third-order valence-corrected chi connectivity index (χ3v) is 6.78. The summed E-state index contributed by atoms with van der Waals surface area (Å²) in [6.45, 7) is 4.98.